The molecule has 0 bridgehead atoms. The number of ether oxygens (including phenoxy) is 1. The first-order chi connectivity index (χ1) is 9.60. The maximum Gasteiger partial charge on any atom is 0.322 e. The fourth-order valence-electron chi connectivity index (χ4n) is 2.45. The number of hydrogen-bond donors (Lipinski definition) is 2. The molecule has 5 nitrogen and oxygen atoms in total. The van der Waals surface area contributed by atoms with Gasteiger partial charge in [-0.25, -0.2) is 0 Å². The van der Waals surface area contributed by atoms with E-state index in [9.17, 15) is 9.59 Å². The van der Waals surface area contributed by atoms with E-state index in [-0.39, 0.29) is 11.8 Å². The fraction of sp³-hybridized carbons (Fsp3) is 0.467. The Morgan fingerprint density at radius 1 is 1.55 bits per heavy atom. The third-order valence-electron chi connectivity index (χ3n) is 3.53. The van der Waals surface area contributed by atoms with Crippen molar-refractivity contribution in [2.75, 3.05) is 12.4 Å². The van der Waals surface area contributed by atoms with Gasteiger partial charge in [0, 0.05) is 12.1 Å². The number of nitrogens with one attached hydrogen (secondary N) is 1. The number of ketones is 1. The molecule has 1 aliphatic carbocycles. The summed E-state index contributed by atoms with van der Waals surface area (Å²) >= 11 is 0. The highest BCUT2D eigenvalue weighted by Crippen LogP contribution is 2.20. The van der Waals surface area contributed by atoms with Gasteiger partial charge in [-0.1, -0.05) is 12.1 Å². The summed E-state index contributed by atoms with van der Waals surface area (Å²) in [6.45, 7) is 0. The van der Waals surface area contributed by atoms with Crippen LogP contribution >= 0.6 is 0 Å². The highest BCUT2D eigenvalue weighted by Gasteiger charge is 2.24. The van der Waals surface area contributed by atoms with Gasteiger partial charge in [0.15, 0.2) is 5.78 Å². The number of anilines is 1. The molecule has 0 aromatic heterocycles. The Balaban J connectivity index is 2.00. The van der Waals surface area contributed by atoms with Gasteiger partial charge >= 0.3 is 5.97 Å². The molecule has 0 heterocycles. The van der Waals surface area contributed by atoms with Gasteiger partial charge < -0.3 is 15.8 Å². The molecule has 1 fully saturated rings. The number of methoxy groups -OCH3 is 1. The molecule has 1 saturated carbocycles. The van der Waals surface area contributed by atoms with Crippen molar-refractivity contribution in [3.05, 3.63) is 29.8 Å². The predicted molar refractivity (Wildman–Crippen MR) is 76.4 cm³/mol. The summed E-state index contributed by atoms with van der Waals surface area (Å²) in [6.07, 6.45) is 2.90. The van der Waals surface area contributed by atoms with Gasteiger partial charge in [-0.3, -0.25) is 9.59 Å². The first-order valence-electron chi connectivity index (χ1n) is 6.81. The van der Waals surface area contributed by atoms with Crippen molar-refractivity contribution in [1.82, 2.24) is 0 Å². The zero-order valence-corrected chi connectivity index (χ0v) is 11.6. The first-order valence-corrected chi connectivity index (χ1v) is 6.81. The summed E-state index contributed by atoms with van der Waals surface area (Å²) in [5, 5.41) is 3.24. The van der Waals surface area contributed by atoms with Gasteiger partial charge in [-0.15, -0.1) is 0 Å². The first kappa shape index (κ1) is 14.5. The number of Topliss-reactive ketones (excluding diaryl/α,β-unsaturated/α-hetero) is 1. The monoisotopic (exact) mass is 276 g/mol. The molecule has 5 heteroatoms. The summed E-state index contributed by atoms with van der Waals surface area (Å²) in [4.78, 5) is 22.9. The quantitative estimate of drug-likeness (QED) is 0.791. The molecule has 1 aliphatic rings. The van der Waals surface area contributed by atoms with Gasteiger partial charge in [-0.05, 0) is 37.0 Å². The van der Waals surface area contributed by atoms with Crippen LogP contribution in [0.15, 0.2) is 24.3 Å². The number of esters is 1. The Hall–Kier alpha value is -1.88. The zero-order chi connectivity index (χ0) is 14.5. The second kappa shape index (κ2) is 6.52. The van der Waals surface area contributed by atoms with Gasteiger partial charge in [0.2, 0.25) is 0 Å². The van der Waals surface area contributed by atoms with Crippen molar-refractivity contribution < 1.29 is 14.3 Å². The van der Waals surface area contributed by atoms with Crippen LogP contribution in [0.3, 0.4) is 0 Å². The number of carbonyl (C=O) groups is 2. The normalized spacial score (nSPS) is 19.7. The Morgan fingerprint density at radius 3 is 3.00 bits per heavy atom. The van der Waals surface area contributed by atoms with E-state index < -0.39 is 12.0 Å². The number of carbonyl (C=O) groups excluding carboxylic acids is 2. The molecule has 3 N–H and O–H groups in total. The molecule has 1 aromatic carbocycles. The van der Waals surface area contributed by atoms with E-state index in [0.29, 0.717) is 12.8 Å². The topological polar surface area (TPSA) is 81.4 Å². The smallest absolute Gasteiger partial charge is 0.322 e. The minimum absolute atomic E-state index is 0.0838. The van der Waals surface area contributed by atoms with Gasteiger partial charge in [0.25, 0.3) is 0 Å². The number of nitrogens with two attached hydrogens (primary N) is 1. The van der Waals surface area contributed by atoms with E-state index in [1.165, 1.54) is 7.11 Å². The van der Waals surface area contributed by atoms with E-state index in [1.807, 2.05) is 24.3 Å². The van der Waals surface area contributed by atoms with Gasteiger partial charge in [0.05, 0.1) is 13.2 Å². The third kappa shape index (κ3) is 3.57. The molecule has 0 amide bonds. The van der Waals surface area contributed by atoms with Crippen LogP contribution in [-0.4, -0.2) is 30.9 Å². The molecule has 0 aliphatic heterocycles. The fourth-order valence-corrected chi connectivity index (χ4v) is 2.45. The van der Waals surface area contributed by atoms with Crippen LogP contribution in [-0.2, 0) is 20.7 Å². The maximum atomic E-state index is 11.6. The van der Waals surface area contributed by atoms with Gasteiger partial charge in [0.1, 0.15) is 6.04 Å². The van der Waals surface area contributed by atoms with Gasteiger partial charge in [-0.2, -0.15) is 0 Å². The third-order valence-corrected chi connectivity index (χ3v) is 3.53. The SMILES string of the molecule is COC(=O)[C@H](N)Cc1cccc(NC2CCCC2=O)c1. The second-order valence-corrected chi connectivity index (χ2v) is 5.09. The van der Waals surface area contributed by atoms with Crippen LogP contribution in [0.5, 0.6) is 0 Å². The Labute approximate surface area is 118 Å². The molecule has 1 unspecified atom stereocenters. The molecular formula is C15H20N2O3. The highest BCUT2D eigenvalue weighted by molar-refractivity contribution is 5.88. The van der Waals surface area contributed by atoms with Crippen LogP contribution < -0.4 is 11.1 Å². The Bertz CT molecular complexity index is 502. The van der Waals surface area contributed by atoms with Crippen molar-refractivity contribution in [1.29, 1.82) is 0 Å². The molecule has 1 aromatic rings. The standard InChI is InChI=1S/C15H20N2O3/c1-20-15(19)12(16)9-10-4-2-5-11(8-10)17-13-6-3-7-14(13)18/h2,4-5,8,12-13,17H,3,6-7,9,16H2,1H3/t12-,13?/m1/s1. The Morgan fingerprint density at radius 2 is 2.35 bits per heavy atom. The lowest BCUT2D eigenvalue weighted by Crippen LogP contribution is -2.33. The van der Waals surface area contributed by atoms with Crippen LogP contribution in [0.2, 0.25) is 0 Å². The number of hydrogen-bond acceptors (Lipinski definition) is 5. The van der Waals surface area contributed by atoms with Crippen molar-refractivity contribution in [2.24, 2.45) is 5.73 Å². The molecule has 0 radical (unpaired) electrons. The predicted octanol–water partition coefficient (Wildman–Crippen LogP) is 1.26. The number of benzene rings is 1. The van der Waals surface area contributed by atoms with Crippen LogP contribution in [0.4, 0.5) is 5.69 Å². The lowest BCUT2D eigenvalue weighted by Gasteiger charge is -2.14. The van der Waals surface area contributed by atoms with Crippen LogP contribution in [0.1, 0.15) is 24.8 Å². The summed E-state index contributed by atoms with van der Waals surface area (Å²) in [5.74, 6) is -0.156. The summed E-state index contributed by atoms with van der Waals surface area (Å²) in [5.41, 5.74) is 7.58. The average molecular weight is 276 g/mol. The molecule has 2 atom stereocenters. The average Bonchev–Trinajstić information content (AvgIpc) is 2.83. The molecule has 0 spiro atoms. The van der Waals surface area contributed by atoms with Crippen molar-refractivity contribution in [2.45, 2.75) is 37.8 Å². The van der Waals surface area contributed by atoms with E-state index in [2.05, 4.69) is 10.1 Å². The zero-order valence-electron chi connectivity index (χ0n) is 11.6. The lowest BCUT2D eigenvalue weighted by atomic mass is 10.1. The second-order valence-electron chi connectivity index (χ2n) is 5.09. The number of rotatable bonds is 5. The van der Waals surface area contributed by atoms with Crippen LogP contribution in [0.25, 0.3) is 0 Å². The molecular weight excluding hydrogens is 256 g/mol. The minimum atomic E-state index is -0.664. The molecule has 20 heavy (non-hydrogen) atoms. The Kier molecular flexibility index (Phi) is 4.74. The molecule has 108 valence electrons. The highest BCUT2D eigenvalue weighted by atomic mass is 16.5. The van der Waals surface area contributed by atoms with E-state index in [0.717, 1.165) is 24.1 Å². The summed E-state index contributed by atoms with van der Waals surface area (Å²) in [6, 6.07) is 6.89. The lowest BCUT2D eigenvalue weighted by molar-refractivity contribution is -0.142. The van der Waals surface area contributed by atoms with E-state index in [1.54, 1.807) is 0 Å². The van der Waals surface area contributed by atoms with E-state index >= 15 is 0 Å². The molecule has 0 saturated heterocycles. The molecule has 2 rings (SSSR count). The minimum Gasteiger partial charge on any atom is -0.468 e. The summed E-state index contributed by atoms with van der Waals surface area (Å²) < 4.78 is 4.61. The maximum absolute atomic E-state index is 11.6. The summed E-state index contributed by atoms with van der Waals surface area (Å²) in [7, 11) is 1.33. The van der Waals surface area contributed by atoms with E-state index in [4.69, 9.17) is 5.73 Å². The van der Waals surface area contributed by atoms with Crippen molar-refractivity contribution in [3.8, 4) is 0 Å². The van der Waals surface area contributed by atoms with Crippen LogP contribution in [0, 0.1) is 0 Å². The largest absolute Gasteiger partial charge is 0.468 e. The van der Waals surface area contributed by atoms with Crippen molar-refractivity contribution in [3.63, 3.8) is 0 Å². The van der Waals surface area contributed by atoms with Crippen molar-refractivity contribution >= 4 is 17.4 Å².